The molecule has 1 saturated heterocycles. The Labute approximate surface area is 247 Å². The molecule has 1 fully saturated rings. The highest BCUT2D eigenvalue weighted by molar-refractivity contribution is 5.98. The van der Waals surface area contributed by atoms with Gasteiger partial charge in [0.15, 0.2) is 0 Å². The lowest BCUT2D eigenvalue weighted by atomic mass is 10.1. The summed E-state index contributed by atoms with van der Waals surface area (Å²) in [5.41, 5.74) is 3.33. The van der Waals surface area contributed by atoms with Crippen LogP contribution in [0.2, 0.25) is 0 Å². The molecule has 1 aliphatic heterocycles. The zero-order chi connectivity index (χ0) is 30.7. The number of halogens is 3. The summed E-state index contributed by atoms with van der Waals surface area (Å²) in [5.74, 6) is 1.25. The number of rotatable bonds is 6. The van der Waals surface area contributed by atoms with Crippen molar-refractivity contribution in [3.05, 3.63) is 95.7 Å². The minimum absolute atomic E-state index is 0.156. The average Bonchev–Trinajstić information content (AvgIpc) is 3.37. The SMILES string of the molecule is COc1ccc(-c2cc(C(=O)N3CCN(C(=O)Nc4ccc(C(F)(F)F)cc4)CC3)c(C)n2-c2cccc(OC)c2)cc1. The van der Waals surface area contributed by atoms with Crippen LogP contribution in [0.1, 0.15) is 21.6 Å². The minimum atomic E-state index is -4.45. The van der Waals surface area contributed by atoms with Crippen LogP contribution in [0.5, 0.6) is 11.5 Å². The van der Waals surface area contributed by atoms with Gasteiger partial charge < -0.3 is 29.2 Å². The Morgan fingerprint density at radius 3 is 2.02 bits per heavy atom. The van der Waals surface area contributed by atoms with Crippen molar-refractivity contribution in [1.29, 1.82) is 0 Å². The van der Waals surface area contributed by atoms with Gasteiger partial charge in [-0.2, -0.15) is 13.2 Å². The number of hydrogen-bond donors (Lipinski definition) is 1. The van der Waals surface area contributed by atoms with Crippen LogP contribution in [0.25, 0.3) is 16.9 Å². The number of urea groups is 1. The summed E-state index contributed by atoms with van der Waals surface area (Å²) < 4.78 is 51.3. The first-order valence-electron chi connectivity index (χ1n) is 13.6. The molecule has 8 nitrogen and oxygen atoms in total. The molecule has 0 aliphatic carbocycles. The van der Waals surface area contributed by atoms with Crippen LogP contribution in [0.4, 0.5) is 23.7 Å². The first-order chi connectivity index (χ1) is 20.6. The minimum Gasteiger partial charge on any atom is -0.497 e. The molecule has 5 rings (SSSR count). The Morgan fingerprint density at radius 1 is 0.791 bits per heavy atom. The quantitative estimate of drug-likeness (QED) is 0.278. The summed E-state index contributed by atoms with van der Waals surface area (Å²) in [6.07, 6.45) is -4.45. The van der Waals surface area contributed by atoms with Crippen molar-refractivity contribution in [1.82, 2.24) is 14.4 Å². The van der Waals surface area contributed by atoms with Crippen molar-refractivity contribution >= 4 is 17.6 Å². The maximum atomic E-state index is 13.8. The fraction of sp³-hybridized carbons (Fsp3) is 0.250. The van der Waals surface area contributed by atoms with Crippen LogP contribution in [-0.2, 0) is 6.18 Å². The number of piperazine rings is 1. The number of methoxy groups -OCH3 is 2. The number of alkyl halides is 3. The second-order valence-electron chi connectivity index (χ2n) is 10.1. The molecule has 1 N–H and O–H groups in total. The van der Waals surface area contributed by atoms with Gasteiger partial charge in [-0.3, -0.25) is 4.79 Å². The number of carbonyl (C=O) groups excluding carboxylic acids is 2. The predicted octanol–water partition coefficient (Wildman–Crippen LogP) is 6.48. The van der Waals surface area contributed by atoms with Gasteiger partial charge in [-0.15, -0.1) is 0 Å². The molecule has 3 aromatic carbocycles. The second-order valence-corrected chi connectivity index (χ2v) is 10.1. The van der Waals surface area contributed by atoms with Crippen molar-refractivity contribution in [2.45, 2.75) is 13.1 Å². The summed E-state index contributed by atoms with van der Waals surface area (Å²) in [4.78, 5) is 29.8. The molecule has 3 amide bonds. The molecule has 0 saturated carbocycles. The van der Waals surface area contributed by atoms with Crippen LogP contribution < -0.4 is 14.8 Å². The van der Waals surface area contributed by atoms with Gasteiger partial charge in [0, 0.05) is 49.3 Å². The van der Waals surface area contributed by atoms with E-state index in [0.717, 1.165) is 40.5 Å². The van der Waals surface area contributed by atoms with Gasteiger partial charge in [-0.1, -0.05) is 6.07 Å². The zero-order valence-corrected chi connectivity index (χ0v) is 23.9. The van der Waals surface area contributed by atoms with Crippen LogP contribution in [0, 0.1) is 6.92 Å². The third-order valence-corrected chi connectivity index (χ3v) is 7.49. The molecule has 0 unspecified atom stereocenters. The third-order valence-electron chi connectivity index (χ3n) is 7.49. The lowest BCUT2D eigenvalue weighted by Gasteiger charge is -2.34. The number of aromatic nitrogens is 1. The molecule has 11 heteroatoms. The van der Waals surface area contributed by atoms with Crippen molar-refractivity contribution in [2.24, 2.45) is 0 Å². The van der Waals surface area contributed by atoms with E-state index in [2.05, 4.69) is 5.32 Å². The topological polar surface area (TPSA) is 76.0 Å². The van der Waals surface area contributed by atoms with Crippen molar-refractivity contribution < 1.29 is 32.2 Å². The van der Waals surface area contributed by atoms with E-state index in [1.54, 1.807) is 24.0 Å². The molecular formula is C32H31F3N4O4. The smallest absolute Gasteiger partial charge is 0.416 e. The van der Waals surface area contributed by atoms with Gasteiger partial charge in [-0.05, 0) is 79.2 Å². The van der Waals surface area contributed by atoms with E-state index in [1.165, 1.54) is 12.1 Å². The fourth-order valence-electron chi connectivity index (χ4n) is 5.11. The molecule has 43 heavy (non-hydrogen) atoms. The van der Waals surface area contributed by atoms with E-state index in [4.69, 9.17) is 9.47 Å². The van der Waals surface area contributed by atoms with Gasteiger partial charge in [-0.25, -0.2) is 4.79 Å². The van der Waals surface area contributed by atoms with E-state index in [-0.39, 0.29) is 24.7 Å². The normalized spacial score (nSPS) is 13.5. The van der Waals surface area contributed by atoms with Gasteiger partial charge >= 0.3 is 12.2 Å². The van der Waals surface area contributed by atoms with E-state index in [9.17, 15) is 22.8 Å². The molecule has 0 atom stereocenters. The molecule has 2 heterocycles. The maximum absolute atomic E-state index is 13.8. The molecule has 0 spiro atoms. The average molecular weight is 593 g/mol. The third kappa shape index (κ3) is 6.30. The van der Waals surface area contributed by atoms with Crippen LogP contribution in [0.15, 0.2) is 78.9 Å². The second kappa shape index (κ2) is 12.1. The lowest BCUT2D eigenvalue weighted by Crippen LogP contribution is -2.51. The Hall–Kier alpha value is -4.93. The van der Waals surface area contributed by atoms with E-state index < -0.39 is 17.8 Å². The molecule has 224 valence electrons. The maximum Gasteiger partial charge on any atom is 0.416 e. The number of ether oxygens (including phenoxy) is 2. The molecule has 4 aromatic rings. The number of hydrogen-bond acceptors (Lipinski definition) is 4. The number of benzene rings is 3. The van der Waals surface area contributed by atoms with E-state index in [1.807, 2.05) is 66.1 Å². The van der Waals surface area contributed by atoms with Crippen molar-refractivity contribution in [3.63, 3.8) is 0 Å². The highest BCUT2D eigenvalue weighted by Crippen LogP contribution is 2.33. The largest absolute Gasteiger partial charge is 0.497 e. The van der Waals surface area contributed by atoms with Crippen LogP contribution in [0.3, 0.4) is 0 Å². The monoisotopic (exact) mass is 592 g/mol. The number of nitrogens with zero attached hydrogens (tertiary/aromatic N) is 3. The predicted molar refractivity (Wildman–Crippen MR) is 157 cm³/mol. The van der Waals surface area contributed by atoms with E-state index in [0.29, 0.717) is 24.4 Å². The number of nitrogens with one attached hydrogen (secondary N) is 1. The zero-order valence-electron chi connectivity index (χ0n) is 23.9. The van der Waals surface area contributed by atoms with Gasteiger partial charge in [0.25, 0.3) is 5.91 Å². The van der Waals surface area contributed by atoms with Gasteiger partial charge in [0.1, 0.15) is 11.5 Å². The van der Waals surface area contributed by atoms with Crippen molar-refractivity contribution in [3.8, 4) is 28.4 Å². The summed E-state index contributed by atoms with van der Waals surface area (Å²) >= 11 is 0. The van der Waals surface area contributed by atoms with Crippen molar-refractivity contribution in [2.75, 3.05) is 45.7 Å². The molecule has 1 aromatic heterocycles. The van der Waals surface area contributed by atoms with Gasteiger partial charge in [0.2, 0.25) is 0 Å². The Bertz CT molecular complexity index is 1610. The summed E-state index contributed by atoms with van der Waals surface area (Å²) in [5, 5.41) is 2.63. The van der Waals surface area contributed by atoms with Crippen LogP contribution >= 0.6 is 0 Å². The first kappa shape index (κ1) is 29.6. The molecular weight excluding hydrogens is 561 g/mol. The molecule has 0 radical (unpaired) electrons. The number of amides is 3. The standard InChI is InChI=1S/C32H31F3N4O4/c1-21-28(20-29(22-7-13-26(42-2)14-8-22)39(21)25-5-4-6-27(19-25)43-3)30(40)37-15-17-38(18-16-37)31(41)36-24-11-9-23(10-12-24)32(33,34)35/h4-14,19-20H,15-18H2,1-3H3,(H,36,41). The van der Waals surface area contributed by atoms with Crippen LogP contribution in [-0.4, -0.2) is 66.7 Å². The highest BCUT2D eigenvalue weighted by Gasteiger charge is 2.31. The number of carbonyl (C=O) groups is 2. The van der Waals surface area contributed by atoms with Gasteiger partial charge in [0.05, 0.1) is 31.0 Å². The first-order valence-corrected chi connectivity index (χ1v) is 13.6. The Morgan fingerprint density at radius 2 is 1.42 bits per heavy atom. The highest BCUT2D eigenvalue weighted by atomic mass is 19.4. The summed E-state index contributed by atoms with van der Waals surface area (Å²) in [7, 11) is 3.21. The summed E-state index contributed by atoms with van der Waals surface area (Å²) in [6.45, 7) is 3.06. The molecule has 0 bridgehead atoms. The Kier molecular flexibility index (Phi) is 8.33. The fourth-order valence-corrected chi connectivity index (χ4v) is 5.11. The molecule has 1 aliphatic rings. The summed E-state index contributed by atoms with van der Waals surface area (Å²) in [6, 6.07) is 20.9. The number of anilines is 1. The lowest BCUT2D eigenvalue weighted by molar-refractivity contribution is -0.137. The Balaban J connectivity index is 1.34. The van der Waals surface area contributed by atoms with E-state index >= 15 is 0 Å².